The van der Waals surface area contributed by atoms with Gasteiger partial charge in [-0.3, -0.25) is 0 Å². The highest BCUT2D eigenvalue weighted by Crippen LogP contribution is 2.19. The van der Waals surface area contributed by atoms with Crippen molar-refractivity contribution in [2.45, 2.75) is 12.6 Å². The SMILES string of the molecule is FC(F)(F)Cc1c[c]cnn1. The van der Waals surface area contributed by atoms with Gasteiger partial charge in [0.15, 0.2) is 0 Å². The van der Waals surface area contributed by atoms with Crippen LogP contribution < -0.4 is 0 Å². The first-order valence-electron chi connectivity index (χ1n) is 2.82. The summed E-state index contributed by atoms with van der Waals surface area (Å²) in [4.78, 5) is 0. The second kappa shape index (κ2) is 2.86. The maximum absolute atomic E-state index is 11.7. The first-order chi connectivity index (χ1) is 5.08. The second-order valence-corrected chi connectivity index (χ2v) is 1.94. The van der Waals surface area contributed by atoms with Gasteiger partial charge in [0.2, 0.25) is 0 Å². The van der Waals surface area contributed by atoms with Crippen LogP contribution in [0.15, 0.2) is 12.3 Å². The molecule has 0 bridgehead atoms. The minimum absolute atomic E-state index is 0.111. The Morgan fingerprint density at radius 2 is 2.18 bits per heavy atom. The summed E-state index contributed by atoms with van der Waals surface area (Å²) in [6.07, 6.45) is -4.05. The van der Waals surface area contributed by atoms with Gasteiger partial charge in [0, 0.05) is 6.07 Å². The van der Waals surface area contributed by atoms with Gasteiger partial charge in [0.1, 0.15) is 0 Å². The van der Waals surface area contributed by atoms with Crippen LogP contribution in [0.4, 0.5) is 13.2 Å². The number of hydrogen-bond acceptors (Lipinski definition) is 2. The molecular weight excluding hydrogens is 157 g/mol. The monoisotopic (exact) mass is 161 g/mol. The quantitative estimate of drug-likeness (QED) is 0.621. The van der Waals surface area contributed by atoms with Gasteiger partial charge >= 0.3 is 6.18 Å². The molecule has 1 heterocycles. The third-order valence-corrected chi connectivity index (χ3v) is 0.950. The lowest BCUT2D eigenvalue weighted by atomic mass is 10.3. The van der Waals surface area contributed by atoms with Crippen LogP contribution in [-0.2, 0) is 6.42 Å². The molecule has 0 aliphatic carbocycles. The van der Waals surface area contributed by atoms with E-state index in [2.05, 4.69) is 16.3 Å². The Morgan fingerprint density at radius 3 is 2.64 bits per heavy atom. The van der Waals surface area contributed by atoms with E-state index in [0.29, 0.717) is 0 Å². The lowest BCUT2D eigenvalue weighted by molar-refractivity contribution is -0.127. The summed E-state index contributed by atoms with van der Waals surface area (Å²) in [5.74, 6) is 0. The predicted octanol–water partition coefficient (Wildman–Crippen LogP) is 1.38. The van der Waals surface area contributed by atoms with Crippen LogP contribution >= 0.6 is 0 Å². The second-order valence-electron chi connectivity index (χ2n) is 1.94. The van der Waals surface area contributed by atoms with Crippen molar-refractivity contribution in [3.8, 4) is 0 Å². The highest BCUT2D eigenvalue weighted by Gasteiger charge is 2.28. The van der Waals surface area contributed by atoms with Crippen LogP contribution in [0.2, 0.25) is 0 Å². The molecule has 0 unspecified atom stereocenters. The number of aromatic nitrogens is 2. The fourth-order valence-corrected chi connectivity index (χ4v) is 0.590. The zero-order valence-corrected chi connectivity index (χ0v) is 5.39. The molecule has 0 saturated carbocycles. The summed E-state index contributed by atoms with van der Waals surface area (Å²) in [5.41, 5.74) is -0.111. The van der Waals surface area contributed by atoms with E-state index >= 15 is 0 Å². The maximum Gasteiger partial charge on any atom is 0.394 e. The van der Waals surface area contributed by atoms with Gasteiger partial charge in [-0.05, 0) is 6.07 Å². The van der Waals surface area contributed by atoms with Gasteiger partial charge < -0.3 is 0 Å². The molecule has 1 aromatic rings. The number of hydrogen-bond donors (Lipinski definition) is 0. The lowest BCUT2D eigenvalue weighted by Crippen LogP contribution is -2.12. The van der Waals surface area contributed by atoms with Crippen molar-refractivity contribution in [2.75, 3.05) is 0 Å². The van der Waals surface area contributed by atoms with Crippen molar-refractivity contribution in [3.63, 3.8) is 0 Å². The molecule has 0 amide bonds. The highest BCUT2D eigenvalue weighted by atomic mass is 19.4. The summed E-state index contributed by atoms with van der Waals surface area (Å²) in [6, 6.07) is 3.58. The van der Waals surface area contributed by atoms with E-state index in [1.807, 2.05) is 0 Å². The average molecular weight is 161 g/mol. The molecule has 1 radical (unpaired) electrons. The van der Waals surface area contributed by atoms with Crippen molar-refractivity contribution in [1.29, 1.82) is 0 Å². The summed E-state index contributed by atoms with van der Waals surface area (Å²) in [5, 5.41) is 6.53. The van der Waals surface area contributed by atoms with Gasteiger partial charge in [-0.2, -0.15) is 23.4 Å². The minimum atomic E-state index is -4.22. The number of halogens is 3. The van der Waals surface area contributed by atoms with Gasteiger partial charge in [-0.25, -0.2) is 0 Å². The maximum atomic E-state index is 11.7. The van der Waals surface area contributed by atoms with Gasteiger partial charge in [-0.1, -0.05) is 0 Å². The Morgan fingerprint density at radius 1 is 1.45 bits per heavy atom. The van der Waals surface area contributed by atoms with Gasteiger partial charge in [0.05, 0.1) is 18.3 Å². The molecule has 11 heavy (non-hydrogen) atoms. The Hall–Kier alpha value is -1.13. The van der Waals surface area contributed by atoms with Crippen LogP contribution in [0.3, 0.4) is 0 Å². The fraction of sp³-hybridized carbons (Fsp3) is 0.333. The topological polar surface area (TPSA) is 25.8 Å². The van der Waals surface area contributed by atoms with Crippen LogP contribution in [0.1, 0.15) is 5.69 Å². The van der Waals surface area contributed by atoms with Crippen LogP contribution in [0, 0.1) is 6.07 Å². The number of nitrogens with zero attached hydrogens (tertiary/aromatic N) is 2. The van der Waals surface area contributed by atoms with Crippen LogP contribution in [0.5, 0.6) is 0 Å². The van der Waals surface area contributed by atoms with Crippen molar-refractivity contribution in [1.82, 2.24) is 10.2 Å². The van der Waals surface area contributed by atoms with E-state index in [-0.39, 0.29) is 5.69 Å². The van der Waals surface area contributed by atoms with Gasteiger partial charge in [0.25, 0.3) is 0 Å². The summed E-state index contributed by atoms with van der Waals surface area (Å²) >= 11 is 0. The molecule has 0 spiro atoms. The molecule has 0 fully saturated rings. The van der Waals surface area contributed by atoms with E-state index < -0.39 is 12.6 Å². The Balaban J connectivity index is 2.66. The fourth-order valence-electron chi connectivity index (χ4n) is 0.590. The van der Waals surface area contributed by atoms with E-state index in [4.69, 9.17) is 0 Å². The molecule has 0 N–H and O–H groups in total. The predicted molar refractivity (Wildman–Crippen MR) is 30.6 cm³/mol. The Labute approximate surface area is 61.1 Å². The molecule has 1 aromatic heterocycles. The lowest BCUT2D eigenvalue weighted by Gasteiger charge is -2.02. The Bertz CT molecular complexity index is 219. The summed E-state index contributed by atoms with van der Waals surface area (Å²) < 4.78 is 35.0. The van der Waals surface area contributed by atoms with Gasteiger partial charge in [-0.15, -0.1) is 0 Å². The first kappa shape index (κ1) is 7.97. The van der Waals surface area contributed by atoms with Crippen LogP contribution in [0.25, 0.3) is 0 Å². The van der Waals surface area contributed by atoms with E-state index in [0.717, 1.165) is 0 Å². The molecule has 2 nitrogen and oxygen atoms in total. The van der Waals surface area contributed by atoms with E-state index in [1.54, 1.807) is 0 Å². The molecule has 0 aromatic carbocycles. The molecule has 5 heteroatoms. The zero-order valence-electron chi connectivity index (χ0n) is 5.39. The van der Waals surface area contributed by atoms with E-state index in [9.17, 15) is 13.2 Å². The summed E-state index contributed by atoms with van der Waals surface area (Å²) in [7, 11) is 0. The van der Waals surface area contributed by atoms with Crippen molar-refractivity contribution >= 4 is 0 Å². The average Bonchev–Trinajstić information content (AvgIpc) is 1.85. The minimum Gasteiger partial charge on any atom is -0.171 e. The largest absolute Gasteiger partial charge is 0.394 e. The number of rotatable bonds is 1. The third-order valence-electron chi connectivity index (χ3n) is 0.950. The standard InChI is InChI=1S/C6H4F3N2/c7-6(8,9)4-5-2-1-3-10-11-5/h2-3H,4H2. The molecule has 0 aliphatic rings. The van der Waals surface area contributed by atoms with Crippen molar-refractivity contribution in [2.24, 2.45) is 0 Å². The molecule has 0 saturated heterocycles. The van der Waals surface area contributed by atoms with Crippen molar-refractivity contribution < 1.29 is 13.2 Å². The normalized spacial score (nSPS) is 11.5. The first-order valence-corrected chi connectivity index (χ1v) is 2.82. The Kier molecular flexibility index (Phi) is 2.07. The zero-order chi connectivity index (χ0) is 8.32. The summed E-state index contributed by atoms with van der Waals surface area (Å²) in [6.45, 7) is 0. The third kappa shape index (κ3) is 2.97. The highest BCUT2D eigenvalue weighted by molar-refractivity contribution is 4.99. The van der Waals surface area contributed by atoms with Crippen molar-refractivity contribution in [3.05, 3.63) is 24.0 Å². The smallest absolute Gasteiger partial charge is 0.171 e. The molecule has 0 aliphatic heterocycles. The number of alkyl halides is 3. The molecule has 0 atom stereocenters. The molecular formula is C6H4F3N2. The van der Waals surface area contributed by atoms with Crippen LogP contribution in [-0.4, -0.2) is 16.4 Å². The van der Waals surface area contributed by atoms with E-state index in [1.165, 1.54) is 12.3 Å². The molecule has 59 valence electrons. The molecule has 1 rings (SSSR count).